The third-order valence-electron chi connectivity index (χ3n) is 4.65. The SMILES string of the molecule is CCCN(C(=O)OC(C)(C)C)C1(C(=O)O)CCCCC1C(C)C. The zero-order valence-electron chi connectivity index (χ0n) is 15.5. The first kappa shape index (κ1) is 19.8. The molecule has 0 heterocycles. The summed E-state index contributed by atoms with van der Waals surface area (Å²) in [6, 6.07) is 0. The molecule has 0 aliphatic heterocycles. The maximum absolute atomic E-state index is 12.8. The van der Waals surface area contributed by atoms with E-state index < -0.39 is 23.2 Å². The van der Waals surface area contributed by atoms with E-state index in [1.165, 1.54) is 4.90 Å². The van der Waals surface area contributed by atoms with E-state index in [9.17, 15) is 14.7 Å². The van der Waals surface area contributed by atoms with Crippen LogP contribution in [0.4, 0.5) is 4.79 Å². The Bertz CT molecular complexity index is 427. The molecule has 2 unspecified atom stereocenters. The van der Waals surface area contributed by atoms with Gasteiger partial charge in [0.25, 0.3) is 0 Å². The number of hydrogen-bond acceptors (Lipinski definition) is 3. The highest BCUT2D eigenvalue weighted by atomic mass is 16.6. The Morgan fingerprint density at radius 3 is 2.35 bits per heavy atom. The number of nitrogens with zero attached hydrogens (tertiary/aromatic N) is 1. The van der Waals surface area contributed by atoms with Crippen LogP contribution >= 0.6 is 0 Å². The standard InChI is InChI=1S/C18H33NO4/c1-7-12-19(16(22)23-17(4,5)6)18(15(20)21)11-9-8-10-14(18)13(2)3/h13-14H,7-12H2,1-6H3,(H,20,21). The lowest BCUT2D eigenvalue weighted by atomic mass is 9.67. The summed E-state index contributed by atoms with van der Waals surface area (Å²) in [5, 5.41) is 10.1. The van der Waals surface area contributed by atoms with Gasteiger partial charge in [0.05, 0.1) is 0 Å². The quantitative estimate of drug-likeness (QED) is 0.817. The first-order chi connectivity index (χ1) is 10.6. The summed E-state index contributed by atoms with van der Waals surface area (Å²) in [7, 11) is 0. The van der Waals surface area contributed by atoms with E-state index >= 15 is 0 Å². The van der Waals surface area contributed by atoms with Crippen LogP contribution in [0, 0.1) is 11.8 Å². The van der Waals surface area contributed by atoms with Gasteiger partial charge < -0.3 is 9.84 Å². The minimum Gasteiger partial charge on any atom is -0.479 e. The van der Waals surface area contributed by atoms with Gasteiger partial charge in [0.15, 0.2) is 0 Å². The topological polar surface area (TPSA) is 66.8 Å². The number of amides is 1. The molecule has 0 spiro atoms. The molecule has 23 heavy (non-hydrogen) atoms. The van der Waals surface area contributed by atoms with Gasteiger partial charge in [0, 0.05) is 6.54 Å². The van der Waals surface area contributed by atoms with Crippen LogP contribution in [0.15, 0.2) is 0 Å². The van der Waals surface area contributed by atoms with Gasteiger partial charge in [0.2, 0.25) is 0 Å². The highest BCUT2D eigenvalue weighted by molar-refractivity contribution is 5.85. The summed E-state index contributed by atoms with van der Waals surface area (Å²) in [6.45, 7) is 11.9. The fraction of sp³-hybridized carbons (Fsp3) is 0.889. The summed E-state index contributed by atoms with van der Waals surface area (Å²) in [4.78, 5) is 26.6. The summed E-state index contributed by atoms with van der Waals surface area (Å²) in [5.41, 5.74) is -1.78. The number of aliphatic carboxylic acids is 1. The fourth-order valence-corrected chi connectivity index (χ4v) is 3.78. The van der Waals surface area contributed by atoms with Crippen molar-refractivity contribution in [3.63, 3.8) is 0 Å². The van der Waals surface area contributed by atoms with Crippen molar-refractivity contribution in [1.29, 1.82) is 0 Å². The Labute approximate surface area is 140 Å². The minimum atomic E-state index is -1.15. The van der Waals surface area contributed by atoms with E-state index in [1.807, 2.05) is 41.5 Å². The molecule has 0 aromatic rings. The van der Waals surface area contributed by atoms with Gasteiger partial charge in [-0.1, -0.05) is 33.6 Å². The molecule has 134 valence electrons. The first-order valence-electron chi connectivity index (χ1n) is 8.80. The van der Waals surface area contributed by atoms with Crippen LogP contribution < -0.4 is 0 Å². The van der Waals surface area contributed by atoms with Gasteiger partial charge in [-0.2, -0.15) is 0 Å². The average molecular weight is 327 g/mol. The van der Waals surface area contributed by atoms with Crippen LogP contribution in [0.5, 0.6) is 0 Å². The van der Waals surface area contributed by atoms with Crippen molar-refractivity contribution in [3.05, 3.63) is 0 Å². The predicted molar refractivity (Wildman–Crippen MR) is 90.4 cm³/mol. The van der Waals surface area contributed by atoms with Crippen molar-refractivity contribution >= 4 is 12.1 Å². The largest absolute Gasteiger partial charge is 0.479 e. The molecule has 1 fully saturated rings. The molecular formula is C18H33NO4. The lowest BCUT2D eigenvalue weighted by Crippen LogP contribution is -2.64. The maximum atomic E-state index is 12.8. The maximum Gasteiger partial charge on any atom is 0.411 e. The molecule has 2 atom stereocenters. The van der Waals surface area contributed by atoms with Gasteiger partial charge in [0.1, 0.15) is 11.1 Å². The first-order valence-corrected chi connectivity index (χ1v) is 8.80. The monoisotopic (exact) mass is 327 g/mol. The summed E-state index contributed by atoms with van der Waals surface area (Å²) in [6.07, 6.45) is 3.40. The van der Waals surface area contributed by atoms with Crippen molar-refractivity contribution < 1.29 is 19.4 Å². The number of carboxylic acids is 1. The van der Waals surface area contributed by atoms with Crippen LogP contribution in [-0.4, -0.2) is 39.8 Å². The van der Waals surface area contributed by atoms with Crippen LogP contribution in [-0.2, 0) is 9.53 Å². The van der Waals surface area contributed by atoms with E-state index in [0.717, 1.165) is 19.3 Å². The second-order valence-electron chi connectivity index (χ2n) is 7.96. The molecule has 1 aliphatic rings. The minimum absolute atomic E-state index is 0.0483. The van der Waals surface area contributed by atoms with Crippen molar-refractivity contribution in [1.82, 2.24) is 4.90 Å². The molecule has 1 rings (SSSR count). The zero-order chi connectivity index (χ0) is 17.8. The summed E-state index contributed by atoms with van der Waals surface area (Å²) in [5.74, 6) is -0.740. The molecule has 1 amide bonds. The molecule has 1 N–H and O–H groups in total. The molecule has 0 aromatic heterocycles. The molecule has 0 saturated heterocycles. The lowest BCUT2D eigenvalue weighted by molar-refractivity contribution is -0.160. The molecular weight excluding hydrogens is 294 g/mol. The fourth-order valence-electron chi connectivity index (χ4n) is 3.78. The van der Waals surface area contributed by atoms with Crippen molar-refractivity contribution in [2.45, 2.75) is 84.8 Å². The van der Waals surface area contributed by atoms with Crippen molar-refractivity contribution in [2.75, 3.05) is 6.54 Å². The second-order valence-corrected chi connectivity index (χ2v) is 7.96. The Hall–Kier alpha value is -1.26. The zero-order valence-corrected chi connectivity index (χ0v) is 15.5. The third-order valence-corrected chi connectivity index (χ3v) is 4.65. The summed E-state index contributed by atoms with van der Waals surface area (Å²) >= 11 is 0. The molecule has 5 heteroatoms. The van der Waals surface area contributed by atoms with Crippen molar-refractivity contribution in [3.8, 4) is 0 Å². The Balaban J connectivity index is 3.29. The third kappa shape index (κ3) is 4.39. The Kier molecular flexibility index (Phi) is 6.49. The predicted octanol–water partition coefficient (Wildman–Crippen LogP) is 4.30. The molecule has 5 nitrogen and oxygen atoms in total. The van der Waals surface area contributed by atoms with E-state index in [0.29, 0.717) is 19.4 Å². The molecule has 1 aliphatic carbocycles. The number of rotatable bonds is 5. The summed E-state index contributed by atoms with van der Waals surface area (Å²) < 4.78 is 5.53. The van der Waals surface area contributed by atoms with Crippen LogP contribution in [0.2, 0.25) is 0 Å². The highest BCUT2D eigenvalue weighted by Crippen LogP contribution is 2.43. The van der Waals surface area contributed by atoms with E-state index in [1.54, 1.807) is 0 Å². The van der Waals surface area contributed by atoms with Gasteiger partial charge in [-0.15, -0.1) is 0 Å². The molecule has 1 saturated carbocycles. The normalized spacial score (nSPS) is 25.3. The molecule has 0 aromatic carbocycles. The Morgan fingerprint density at radius 1 is 1.30 bits per heavy atom. The Morgan fingerprint density at radius 2 is 1.91 bits per heavy atom. The second kappa shape index (κ2) is 7.54. The lowest BCUT2D eigenvalue weighted by Gasteiger charge is -2.49. The smallest absolute Gasteiger partial charge is 0.411 e. The molecule has 0 radical (unpaired) electrons. The van der Waals surface area contributed by atoms with Crippen molar-refractivity contribution in [2.24, 2.45) is 11.8 Å². The van der Waals surface area contributed by atoms with Gasteiger partial charge in [-0.3, -0.25) is 4.90 Å². The van der Waals surface area contributed by atoms with Crippen LogP contribution in [0.1, 0.15) is 73.6 Å². The van der Waals surface area contributed by atoms with Gasteiger partial charge in [-0.25, -0.2) is 9.59 Å². The number of carbonyl (C=O) groups is 2. The van der Waals surface area contributed by atoms with E-state index in [-0.39, 0.29) is 11.8 Å². The average Bonchev–Trinajstić information content (AvgIpc) is 2.42. The van der Waals surface area contributed by atoms with Crippen LogP contribution in [0.25, 0.3) is 0 Å². The van der Waals surface area contributed by atoms with Gasteiger partial charge >= 0.3 is 12.1 Å². The number of carbonyl (C=O) groups excluding carboxylic acids is 1. The number of hydrogen-bond donors (Lipinski definition) is 1. The number of ether oxygens (including phenoxy) is 1. The molecule has 0 bridgehead atoms. The van der Waals surface area contributed by atoms with Crippen LogP contribution in [0.3, 0.4) is 0 Å². The number of carboxylic acid groups (broad SMARTS) is 1. The van der Waals surface area contributed by atoms with E-state index in [4.69, 9.17) is 4.74 Å². The van der Waals surface area contributed by atoms with E-state index in [2.05, 4.69) is 0 Å². The van der Waals surface area contributed by atoms with Gasteiger partial charge in [-0.05, 0) is 51.9 Å². The highest BCUT2D eigenvalue weighted by Gasteiger charge is 2.54.